The molecule has 0 aliphatic rings. The Kier molecular flexibility index (Phi) is 6.73. The van der Waals surface area contributed by atoms with E-state index in [2.05, 4.69) is 19.2 Å². The summed E-state index contributed by atoms with van der Waals surface area (Å²) >= 11 is 0. The molecule has 0 aromatic heterocycles. The van der Waals surface area contributed by atoms with Crippen molar-refractivity contribution in [3.05, 3.63) is 29.6 Å². The number of rotatable bonds is 8. The van der Waals surface area contributed by atoms with Gasteiger partial charge in [-0.2, -0.15) is 0 Å². The summed E-state index contributed by atoms with van der Waals surface area (Å²) in [7, 11) is 0. The Hall–Kier alpha value is -1.09. The largest absolute Gasteiger partial charge is 0.491 e. The van der Waals surface area contributed by atoms with E-state index in [9.17, 15) is 4.39 Å². The first-order valence-electron chi connectivity index (χ1n) is 6.69. The number of halogens is 1. The molecule has 2 nitrogen and oxygen atoms in total. The summed E-state index contributed by atoms with van der Waals surface area (Å²) in [4.78, 5) is 0. The Balaban J connectivity index is 2.12. The maximum Gasteiger partial charge on any atom is 0.165 e. The summed E-state index contributed by atoms with van der Waals surface area (Å²) in [5, 5.41) is 3.37. The molecule has 0 aliphatic heterocycles. The molecule has 0 fully saturated rings. The number of hydrogen-bond acceptors (Lipinski definition) is 2. The minimum atomic E-state index is -0.279. The molecule has 1 N–H and O–H groups in total. The molecule has 0 heterocycles. The van der Waals surface area contributed by atoms with Gasteiger partial charge in [0.25, 0.3) is 0 Å². The Morgan fingerprint density at radius 1 is 1.28 bits per heavy atom. The van der Waals surface area contributed by atoms with Crippen molar-refractivity contribution in [3.8, 4) is 5.75 Å². The van der Waals surface area contributed by atoms with Crippen molar-refractivity contribution in [1.29, 1.82) is 0 Å². The first-order chi connectivity index (χ1) is 8.59. The van der Waals surface area contributed by atoms with Gasteiger partial charge in [0.1, 0.15) is 0 Å². The first kappa shape index (κ1) is 15.0. The average molecular weight is 253 g/mol. The summed E-state index contributed by atoms with van der Waals surface area (Å²) in [6.45, 7) is 8.93. The highest BCUT2D eigenvalue weighted by Crippen LogP contribution is 2.18. The van der Waals surface area contributed by atoms with Gasteiger partial charge in [0, 0.05) is 0 Å². The van der Waals surface area contributed by atoms with Crippen molar-refractivity contribution in [2.45, 2.75) is 33.6 Å². The number of nitrogens with one attached hydrogen (secondary N) is 1. The fraction of sp³-hybridized carbons (Fsp3) is 0.600. The molecule has 0 aliphatic carbocycles. The predicted molar refractivity (Wildman–Crippen MR) is 73.6 cm³/mol. The van der Waals surface area contributed by atoms with Crippen LogP contribution >= 0.6 is 0 Å². The molecule has 0 bridgehead atoms. The van der Waals surface area contributed by atoms with Crippen LogP contribution in [0.3, 0.4) is 0 Å². The van der Waals surface area contributed by atoms with Crippen molar-refractivity contribution >= 4 is 0 Å². The number of benzene rings is 1. The number of aryl methyl sites for hydroxylation is 1. The molecule has 1 rings (SSSR count). The third-order valence-corrected chi connectivity index (χ3v) is 2.64. The SMILES string of the molecule is Cc1ccc(F)c(OCCCCNCC(C)C)c1. The normalized spacial score (nSPS) is 10.9. The maximum absolute atomic E-state index is 13.4. The van der Waals surface area contributed by atoms with E-state index in [-0.39, 0.29) is 5.82 Å². The molecule has 1 aromatic rings. The van der Waals surface area contributed by atoms with E-state index in [1.54, 1.807) is 12.1 Å². The zero-order chi connectivity index (χ0) is 13.4. The highest BCUT2D eigenvalue weighted by molar-refractivity contribution is 5.29. The van der Waals surface area contributed by atoms with E-state index in [0.717, 1.165) is 31.5 Å². The van der Waals surface area contributed by atoms with Gasteiger partial charge < -0.3 is 10.1 Å². The van der Waals surface area contributed by atoms with Crippen LogP contribution in [0.2, 0.25) is 0 Å². The fourth-order valence-electron chi connectivity index (χ4n) is 1.65. The van der Waals surface area contributed by atoms with E-state index < -0.39 is 0 Å². The first-order valence-corrected chi connectivity index (χ1v) is 6.69. The number of unbranched alkanes of at least 4 members (excludes halogenated alkanes) is 1. The van der Waals surface area contributed by atoms with Gasteiger partial charge >= 0.3 is 0 Å². The van der Waals surface area contributed by atoms with Gasteiger partial charge in [0.05, 0.1) is 6.61 Å². The molecular formula is C15H24FNO. The molecule has 0 unspecified atom stereocenters. The fourth-order valence-corrected chi connectivity index (χ4v) is 1.65. The van der Waals surface area contributed by atoms with Gasteiger partial charge in [-0.05, 0) is 56.5 Å². The molecule has 0 saturated heterocycles. The van der Waals surface area contributed by atoms with E-state index >= 15 is 0 Å². The Bertz CT molecular complexity index is 352. The van der Waals surface area contributed by atoms with E-state index in [1.165, 1.54) is 6.07 Å². The Morgan fingerprint density at radius 3 is 2.78 bits per heavy atom. The highest BCUT2D eigenvalue weighted by atomic mass is 19.1. The van der Waals surface area contributed by atoms with Crippen molar-refractivity contribution in [2.24, 2.45) is 5.92 Å². The van der Waals surface area contributed by atoms with E-state index in [4.69, 9.17) is 4.74 Å². The maximum atomic E-state index is 13.4. The molecule has 3 heteroatoms. The van der Waals surface area contributed by atoms with Crippen LogP contribution in [-0.2, 0) is 0 Å². The van der Waals surface area contributed by atoms with Crippen LogP contribution in [0.5, 0.6) is 5.75 Å². The predicted octanol–water partition coefficient (Wildman–Crippen LogP) is 3.54. The molecule has 0 spiro atoms. The Morgan fingerprint density at radius 2 is 2.06 bits per heavy atom. The van der Waals surface area contributed by atoms with Gasteiger partial charge in [0.2, 0.25) is 0 Å². The molecular weight excluding hydrogens is 229 g/mol. The summed E-state index contributed by atoms with van der Waals surface area (Å²) in [5.41, 5.74) is 1.02. The van der Waals surface area contributed by atoms with Gasteiger partial charge in [0.15, 0.2) is 11.6 Å². The van der Waals surface area contributed by atoms with Crippen molar-refractivity contribution in [1.82, 2.24) is 5.32 Å². The topological polar surface area (TPSA) is 21.3 Å². The number of ether oxygens (including phenoxy) is 1. The lowest BCUT2D eigenvalue weighted by atomic mass is 10.2. The lowest BCUT2D eigenvalue weighted by Gasteiger charge is -2.09. The lowest BCUT2D eigenvalue weighted by molar-refractivity contribution is 0.290. The summed E-state index contributed by atoms with van der Waals surface area (Å²) < 4.78 is 18.8. The minimum Gasteiger partial charge on any atom is -0.491 e. The van der Waals surface area contributed by atoms with Gasteiger partial charge in [-0.15, -0.1) is 0 Å². The third kappa shape index (κ3) is 6.01. The molecule has 18 heavy (non-hydrogen) atoms. The zero-order valence-electron chi connectivity index (χ0n) is 11.6. The second-order valence-corrected chi connectivity index (χ2v) is 5.09. The second kappa shape index (κ2) is 8.09. The summed E-state index contributed by atoms with van der Waals surface area (Å²) in [6.07, 6.45) is 2.00. The average Bonchev–Trinajstić information content (AvgIpc) is 2.32. The zero-order valence-corrected chi connectivity index (χ0v) is 11.6. The van der Waals surface area contributed by atoms with Crippen molar-refractivity contribution in [3.63, 3.8) is 0 Å². The van der Waals surface area contributed by atoms with Crippen LogP contribution in [0.4, 0.5) is 4.39 Å². The number of hydrogen-bond donors (Lipinski definition) is 1. The molecule has 1 aromatic carbocycles. The molecule has 102 valence electrons. The summed E-state index contributed by atoms with van der Waals surface area (Å²) in [6, 6.07) is 4.94. The standard InChI is InChI=1S/C15H24FNO/c1-12(2)11-17-8-4-5-9-18-15-10-13(3)6-7-14(15)16/h6-7,10,12,17H,4-5,8-9,11H2,1-3H3. The van der Waals surface area contributed by atoms with Crippen LogP contribution in [0.15, 0.2) is 18.2 Å². The van der Waals surface area contributed by atoms with Crippen LogP contribution in [-0.4, -0.2) is 19.7 Å². The van der Waals surface area contributed by atoms with Crippen LogP contribution < -0.4 is 10.1 Å². The van der Waals surface area contributed by atoms with Crippen molar-refractivity contribution in [2.75, 3.05) is 19.7 Å². The third-order valence-electron chi connectivity index (χ3n) is 2.64. The van der Waals surface area contributed by atoms with Gasteiger partial charge in [-0.25, -0.2) is 4.39 Å². The monoisotopic (exact) mass is 253 g/mol. The highest BCUT2D eigenvalue weighted by Gasteiger charge is 2.02. The van der Waals surface area contributed by atoms with Gasteiger partial charge in [-0.3, -0.25) is 0 Å². The van der Waals surface area contributed by atoms with Crippen molar-refractivity contribution < 1.29 is 9.13 Å². The smallest absolute Gasteiger partial charge is 0.165 e. The quantitative estimate of drug-likeness (QED) is 0.715. The van der Waals surface area contributed by atoms with E-state index in [0.29, 0.717) is 18.3 Å². The van der Waals surface area contributed by atoms with Gasteiger partial charge in [-0.1, -0.05) is 19.9 Å². The van der Waals surface area contributed by atoms with E-state index in [1.807, 2.05) is 6.92 Å². The second-order valence-electron chi connectivity index (χ2n) is 5.09. The Labute approximate surface area is 110 Å². The van der Waals surface area contributed by atoms with Crippen LogP contribution in [0.1, 0.15) is 32.3 Å². The van der Waals surface area contributed by atoms with Crippen LogP contribution in [0.25, 0.3) is 0 Å². The lowest BCUT2D eigenvalue weighted by Crippen LogP contribution is -2.21. The van der Waals surface area contributed by atoms with Crippen LogP contribution in [0, 0.1) is 18.7 Å². The summed E-state index contributed by atoms with van der Waals surface area (Å²) in [5.74, 6) is 0.770. The molecule has 0 atom stereocenters. The molecule has 0 saturated carbocycles. The molecule has 0 radical (unpaired) electrons. The molecule has 0 amide bonds. The minimum absolute atomic E-state index is 0.279.